The second-order valence-corrected chi connectivity index (χ2v) is 7.17. The highest BCUT2D eigenvalue weighted by atomic mass is 79.9. The largest absolute Gasteiger partial charge is 0.383 e. The summed E-state index contributed by atoms with van der Waals surface area (Å²) in [6.07, 6.45) is 2.15. The molecule has 15 heavy (non-hydrogen) atoms. The second kappa shape index (κ2) is 3.21. The molecule has 1 fully saturated rings. The minimum Gasteiger partial charge on any atom is -0.383 e. The van der Waals surface area contributed by atoms with Crippen LogP contribution in [0.25, 0.3) is 0 Å². The van der Waals surface area contributed by atoms with Crippen molar-refractivity contribution in [2.45, 2.75) is 18.9 Å². The van der Waals surface area contributed by atoms with Crippen LogP contribution in [0.3, 0.4) is 0 Å². The molecule has 5 nitrogen and oxygen atoms in total. The van der Waals surface area contributed by atoms with Crippen molar-refractivity contribution < 1.29 is 8.42 Å². The van der Waals surface area contributed by atoms with E-state index in [1.807, 2.05) is 6.92 Å². The summed E-state index contributed by atoms with van der Waals surface area (Å²) in [6.45, 7) is 1.87. The van der Waals surface area contributed by atoms with Crippen LogP contribution in [0.15, 0.2) is 10.7 Å². The average molecular weight is 294 g/mol. The number of nitrogen functional groups attached to an aromatic ring is 1. The zero-order valence-electron chi connectivity index (χ0n) is 8.27. The monoisotopic (exact) mass is 293 g/mol. The van der Waals surface area contributed by atoms with E-state index < -0.39 is 15.4 Å². The fraction of sp³-hybridized carbons (Fsp3) is 0.625. The molecule has 2 N–H and O–H groups in total. The molecule has 0 radical (unpaired) electrons. The summed E-state index contributed by atoms with van der Waals surface area (Å²) in [4.78, 5) is 0. The summed E-state index contributed by atoms with van der Waals surface area (Å²) in [5, 5.41) is 4.11. The van der Waals surface area contributed by atoms with E-state index in [2.05, 4.69) is 21.0 Å². The molecule has 1 unspecified atom stereocenters. The van der Waals surface area contributed by atoms with Crippen molar-refractivity contribution in [3.63, 3.8) is 0 Å². The molecule has 1 atom stereocenters. The van der Waals surface area contributed by atoms with Crippen molar-refractivity contribution in [1.29, 1.82) is 0 Å². The topological polar surface area (TPSA) is 78.0 Å². The van der Waals surface area contributed by atoms with Gasteiger partial charge in [0.2, 0.25) is 0 Å². The van der Waals surface area contributed by atoms with Crippen LogP contribution in [-0.2, 0) is 15.4 Å². The van der Waals surface area contributed by atoms with Crippen molar-refractivity contribution >= 4 is 31.6 Å². The molecular formula is C8H12BrN3O2S. The van der Waals surface area contributed by atoms with Crippen LogP contribution in [0, 0.1) is 0 Å². The lowest BCUT2D eigenvalue weighted by atomic mass is 10.0. The van der Waals surface area contributed by atoms with Gasteiger partial charge in [0.05, 0.1) is 27.7 Å². The normalized spacial score (nSPS) is 29.5. The van der Waals surface area contributed by atoms with Crippen LogP contribution in [0.2, 0.25) is 0 Å². The fourth-order valence-corrected chi connectivity index (χ4v) is 4.30. The Morgan fingerprint density at radius 3 is 2.73 bits per heavy atom. The van der Waals surface area contributed by atoms with Gasteiger partial charge in [0.15, 0.2) is 9.84 Å². The Bertz CT molecular complexity index is 496. The smallest absolute Gasteiger partial charge is 0.152 e. The zero-order valence-corrected chi connectivity index (χ0v) is 10.7. The maximum absolute atomic E-state index is 11.4. The predicted octanol–water partition coefficient (Wildman–Crippen LogP) is 0.762. The number of nitrogens with zero attached hydrogens (tertiary/aromatic N) is 2. The number of rotatable bonds is 1. The molecule has 0 aromatic carbocycles. The summed E-state index contributed by atoms with van der Waals surface area (Å²) in [7, 11) is -2.94. The molecule has 1 aromatic heterocycles. The van der Waals surface area contributed by atoms with Gasteiger partial charge < -0.3 is 5.73 Å². The van der Waals surface area contributed by atoms with E-state index in [4.69, 9.17) is 5.73 Å². The number of hydrogen-bond donors (Lipinski definition) is 1. The van der Waals surface area contributed by atoms with E-state index in [-0.39, 0.29) is 11.5 Å². The number of anilines is 1. The SMILES string of the molecule is CC1(n2ncc(Br)c2N)CCS(=O)(=O)C1. The molecule has 7 heteroatoms. The molecule has 0 amide bonds. The molecule has 1 saturated heterocycles. The third-order valence-corrected chi connectivity index (χ3v) is 5.25. The minimum atomic E-state index is -2.94. The molecule has 1 aliphatic rings. The second-order valence-electron chi connectivity index (χ2n) is 4.13. The van der Waals surface area contributed by atoms with Gasteiger partial charge >= 0.3 is 0 Å². The maximum atomic E-state index is 11.4. The highest BCUT2D eigenvalue weighted by Crippen LogP contribution is 2.34. The van der Waals surface area contributed by atoms with Crippen molar-refractivity contribution in [2.24, 2.45) is 0 Å². The third kappa shape index (κ3) is 1.78. The van der Waals surface area contributed by atoms with E-state index >= 15 is 0 Å². The standard InChI is InChI=1S/C8H12BrN3O2S/c1-8(2-3-15(13,14)5-8)12-7(10)6(9)4-11-12/h4H,2-3,5,10H2,1H3. The summed E-state index contributed by atoms with van der Waals surface area (Å²) >= 11 is 3.26. The zero-order chi connectivity index (χ0) is 11.3. The number of aromatic nitrogens is 2. The van der Waals surface area contributed by atoms with Crippen molar-refractivity contribution in [2.75, 3.05) is 17.2 Å². The van der Waals surface area contributed by atoms with Crippen molar-refractivity contribution in [1.82, 2.24) is 9.78 Å². The predicted molar refractivity (Wildman–Crippen MR) is 61.3 cm³/mol. The number of nitrogens with two attached hydrogens (primary N) is 1. The summed E-state index contributed by atoms with van der Waals surface area (Å²) in [5.74, 6) is 0.799. The Kier molecular flexibility index (Phi) is 2.34. The summed E-state index contributed by atoms with van der Waals surface area (Å²) in [6, 6.07) is 0. The van der Waals surface area contributed by atoms with Crippen molar-refractivity contribution in [3.8, 4) is 0 Å². The Morgan fingerprint density at radius 2 is 2.33 bits per heavy atom. The Labute approximate surface area is 96.7 Å². The first-order valence-electron chi connectivity index (χ1n) is 4.54. The van der Waals surface area contributed by atoms with Gasteiger partial charge in [-0.25, -0.2) is 13.1 Å². The van der Waals surface area contributed by atoms with Gasteiger partial charge in [-0.15, -0.1) is 0 Å². The quantitative estimate of drug-likeness (QED) is 0.829. The Hall–Kier alpha value is -0.560. The molecule has 84 valence electrons. The van der Waals surface area contributed by atoms with Gasteiger partial charge in [-0.3, -0.25) is 0 Å². The average Bonchev–Trinajstić information content (AvgIpc) is 2.57. The molecule has 0 saturated carbocycles. The number of halogens is 1. The lowest BCUT2D eigenvalue weighted by Crippen LogP contribution is -2.33. The molecule has 2 rings (SSSR count). The lowest BCUT2D eigenvalue weighted by Gasteiger charge is -2.23. The van der Waals surface area contributed by atoms with E-state index in [0.717, 1.165) is 0 Å². The molecule has 0 bridgehead atoms. The maximum Gasteiger partial charge on any atom is 0.152 e. The van der Waals surface area contributed by atoms with Crippen LogP contribution in [0.4, 0.5) is 5.82 Å². The van der Waals surface area contributed by atoms with E-state index in [0.29, 0.717) is 16.7 Å². The van der Waals surface area contributed by atoms with Crippen LogP contribution >= 0.6 is 15.9 Å². The summed E-state index contributed by atoms with van der Waals surface area (Å²) < 4.78 is 25.2. The van der Waals surface area contributed by atoms with Gasteiger partial charge in [0.1, 0.15) is 5.82 Å². The van der Waals surface area contributed by atoms with Crippen LogP contribution < -0.4 is 5.73 Å². The van der Waals surface area contributed by atoms with Gasteiger partial charge in [-0.05, 0) is 29.3 Å². The van der Waals surface area contributed by atoms with Crippen LogP contribution in [0.1, 0.15) is 13.3 Å². The number of sulfone groups is 1. The fourth-order valence-electron chi connectivity index (χ4n) is 1.93. The Balaban J connectivity index is 2.44. The minimum absolute atomic E-state index is 0.109. The van der Waals surface area contributed by atoms with Crippen molar-refractivity contribution in [3.05, 3.63) is 10.7 Å². The highest BCUT2D eigenvalue weighted by Gasteiger charge is 2.41. The number of hydrogen-bond acceptors (Lipinski definition) is 4. The molecular weight excluding hydrogens is 282 g/mol. The lowest BCUT2D eigenvalue weighted by molar-refractivity contribution is 0.334. The summed E-state index contributed by atoms with van der Waals surface area (Å²) in [5.41, 5.74) is 5.31. The van der Waals surface area contributed by atoms with Gasteiger partial charge in [0, 0.05) is 0 Å². The Morgan fingerprint density at radius 1 is 1.67 bits per heavy atom. The first kappa shape index (κ1) is 10.9. The molecule has 0 aliphatic carbocycles. The molecule has 2 heterocycles. The first-order valence-corrected chi connectivity index (χ1v) is 7.15. The first-order chi connectivity index (χ1) is 6.84. The molecule has 0 spiro atoms. The van der Waals surface area contributed by atoms with Crippen LogP contribution in [0.5, 0.6) is 0 Å². The van der Waals surface area contributed by atoms with E-state index in [1.165, 1.54) is 0 Å². The molecule has 1 aliphatic heterocycles. The van der Waals surface area contributed by atoms with E-state index in [9.17, 15) is 8.42 Å². The highest BCUT2D eigenvalue weighted by molar-refractivity contribution is 9.10. The van der Waals surface area contributed by atoms with Gasteiger partial charge in [-0.1, -0.05) is 0 Å². The molecule has 1 aromatic rings. The van der Waals surface area contributed by atoms with E-state index in [1.54, 1.807) is 10.9 Å². The van der Waals surface area contributed by atoms with Crippen LogP contribution in [-0.4, -0.2) is 29.7 Å². The van der Waals surface area contributed by atoms with Gasteiger partial charge in [-0.2, -0.15) is 5.10 Å². The van der Waals surface area contributed by atoms with Gasteiger partial charge in [0.25, 0.3) is 0 Å². The third-order valence-electron chi connectivity index (χ3n) is 2.75.